The van der Waals surface area contributed by atoms with Crippen LogP contribution in [0.1, 0.15) is 39.6 Å². The summed E-state index contributed by atoms with van der Waals surface area (Å²) >= 11 is 0. The second kappa shape index (κ2) is 7.98. The third kappa shape index (κ3) is 4.86. The second-order valence-corrected chi connectivity index (χ2v) is 8.70. The summed E-state index contributed by atoms with van der Waals surface area (Å²) in [6.45, 7) is 1.66. The fraction of sp³-hybridized carbons (Fsp3) is 0.238. The molecule has 3 rings (SSSR count). The summed E-state index contributed by atoms with van der Waals surface area (Å²) in [5.41, 5.74) is 1.62. The maximum atomic E-state index is 12.8. The lowest BCUT2D eigenvalue weighted by molar-refractivity contribution is 0.0944. The molecule has 0 radical (unpaired) electrons. The number of amides is 1. The smallest absolute Gasteiger partial charge is 0.255 e. The van der Waals surface area contributed by atoms with Gasteiger partial charge in [-0.2, -0.15) is 0 Å². The van der Waals surface area contributed by atoms with E-state index in [1.165, 1.54) is 6.08 Å². The van der Waals surface area contributed by atoms with Crippen molar-refractivity contribution in [3.63, 3.8) is 0 Å². The van der Waals surface area contributed by atoms with Gasteiger partial charge in [0.15, 0.2) is 15.6 Å². The van der Waals surface area contributed by atoms with Crippen LogP contribution in [0.5, 0.6) is 11.5 Å². The molecule has 0 aromatic heterocycles. The summed E-state index contributed by atoms with van der Waals surface area (Å²) in [6.07, 6.45) is 3.51. The highest BCUT2D eigenvalue weighted by Crippen LogP contribution is 2.33. The first-order valence-corrected chi connectivity index (χ1v) is 10.8. The Bertz CT molecular complexity index is 1040. The van der Waals surface area contributed by atoms with Gasteiger partial charge in [-0.1, -0.05) is 24.3 Å². The van der Waals surface area contributed by atoms with Gasteiger partial charge in [0, 0.05) is 29.7 Å². The molecule has 0 spiro atoms. The number of hydrogen-bond acceptors (Lipinski definition) is 5. The first kappa shape index (κ1) is 19.8. The number of benzene rings is 2. The standard InChI is InChI=1S/C21H21NO5S/c1-14(10-11-28(2,25)26)22-21(24)18-13-17-15(8-9-19(17)23)12-20(18)27-16-6-4-3-5-7-16/h3-7,10-14H,8-9H2,1-2H3,(H,22,24)/b11-10+. The highest BCUT2D eigenvalue weighted by Gasteiger charge is 2.25. The normalized spacial score (nSPS) is 14.7. The number of ketones is 1. The van der Waals surface area contributed by atoms with Crippen LogP contribution in [0.4, 0.5) is 0 Å². The van der Waals surface area contributed by atoms with Gasteiger partial charge in [0.25, 0.3) is 5.91 Å². The summed E-state index contributed by atoms with van der Waals surface area (Å²) in [5, 5.41) is 3.77. The number of ether oxygens (including phenoxy) is 1. The van der Waals surface area contributed by atoms with Crippen LogP contribution in [-0.2, 0) is 16.3 Å². The van der Waals surface area contributed by atoms with E-state index in [2.05, 4.69) is 5.32 Å². The average molecular weight is 399 g/mol. The lowest BCUT2D eigenvalue weighted by Crippen LogP contribution is -2.31. The summed E-state index contributed by atoms with van der Waals surface area (Å²) in [4.78, 5) is 24.9. The van der Waals surface area contributed by atoms with E-state index in [1.807, 2.05) is 18.2 Å². The maximum Gasteiger partial charge on any atom is 0.255 e. The van der Waals surface area contributed by atoms with Crippen LogP contribution >= 0.6 is 0 Å². The third-order valence-electron chi connectivity index (χ3n) is 4.32. The maximum absolute atomic E-state index is 12.8. The summed E-state index contributed by atoms with van der Waals surface area (Å²) in [6, 6.07) is 11.8. The summed E-state index contributed by atoms with van der Waals surface area (Å²) < 4.78 is 28.4. The molecule has 0 saturated carbocycles. The van der Waals surface area contributed by atoms with Crippen molar-refractivity contribution in [2.75, 3.05) is 6.26 Å². The minimum atomic E-state index is -3.28. The number of hydrogen-bond donors (Lipinski definition) is 1. The number of sulfone groups is 1. The molecule has 0 saturated heterocycles. The van der Waals surface area contributed by atoms with Crippen LogP contribution in [0, 0.1) is 0 Å². The van der Waals surface area contributed by atoms with Crippen molar-refractivity contribution >= 4 is 21.5 Å². The van der Waals surface area contributed by atoms with Gasteiger partial charge in [0.05, 0.1) is 5.56 Å². The number of rotatable bonds is 6. The number of fused-ring (bicyclic) bond motifs is 1. The minimum absolute atomic E-state index is 0.000307. The Kier molecular flexibility index (Phi) is 5.65. The molecule has 0 bridgehead atoms. The molecule has 1 aliphatic carbocycles. The SMILES string of the molecule is CC(/C=C/S(C)(=O)=O)NC(=O)c1cc2c(cc1Oc1ccccc1)CCC2=O. The third-order valence-corrected chi connectivity index (χ3v) is 4.97. The van der Waals surface area contributed by atoms with E-state index in [0.29, 0.717) is 29.9 Å². The quantitative estimate of drug-likeness (QED) is 0.805. The molecular formula is C21H21NO5S. The minimum Gasteiger partial charge on any atom is -0.457 e. The van der Waals surface area contributed by atoms with Gasteiger partial charge in [-0.15, -0.1) is 0 Å². The van der Waals surface area contributed by atoms with Crippen molar-refractivity contribution < 1.29 is 22.7 Å². The van der Waals surface area contributed by atoms with Crippen molar-refractivity contribution in [2.24, 2.45) is 0 Å². The Labute approximate surface area is 164 Å². The number of para-hydroxylation sites is 1. The van der Waals surface area contributed by atoms with Gasteiger partial charge in [-0.05, 0) is 43.2 Å². The zero-order valence-corrected chi connectivity index (χ0v) is 16.5. The molecule has 0 fully saturated rings. The highest BCUT2D eigenvalue weighted by atomic mass is 32.2. The monoisotopic (exact) mass is 399 g/mol. The Morgan fingerprint density at radius 2 is 1.89 bits per heavy atom. The first-order valence-electron chi connectivity index (χ1n) is 8.85. The van der Waals surface area contributed by atoms with Gasteiger partial charge >= 0.3 is 0 Å². The molecule has 2 aromatic carbocycles. The van der Waals surface area contributed by atoms with E-state index in [0.717, 1.165) is 17.2 Å². The molecule has 0 aliphatic heterocycles. The second-order valence-electron chi connectivity index (χ2n) is 6.76. The zero-order valence-electron chi connectivity index (χ0n) is 15.6. The number of aryl methyl sites for hydroxylation is 1. The largest absolute Gasteiger partial charge is 0.457 e. The van der Waals surface area contributed by atoms with E-state index in [-0.39, 0.29) is 11.3 Å². The molecule has 2 aromatic rings. The molecule has 1 N–H and O–H groups in total. The Morgan fingerprint density at radius 1 is 1.18 bits per heavy atom. The predicted molar refractivity (Wildman–Crippen MR) is 107 cm³/mol. The van der Waals surface area contributed by atoms with Gasteiger partial charge in [-0.25, -0.2) is 8.42 Å². The molecule has 1 atom stereocenters. The van der Waals surface area contributed by atoms with Gasteiger partial charge in [0.2, 0.25) is 0 Å². The van der Waals surface area contributed by atoms with Crippen molar-refractivity contribution in [1.82, 2.24) is 5.32 Å². The lowest BCUT2D eigenvalue weighted by atomic mass is 10.0. The fourth-order valence-electron chi connectivity index (χ4n) is 2.94. The van der Waals surface area contributed by atoms with E-state index in [4.69, 9.17) is 4.74 Å². The van der Waals surface area contributed by atoms with Crippen LogP contribution < -0.4 is 10.1 Å². The highest BCUT2D eigenvalue weighted by molar-refractivity contribution is 7.93. The number of Topliss-reactive ketones (excluding diaryl/α,β-unsaturated/α-hetero) is 1. The van der Waals surface area contributed by atoms with Crippen LogP contribution in [0.15, 0.2) is 53.9 Å². The number of carbonyl (C=O) groups excluding carboxylic acids is 2. The van der Waals surface area contributed by atoms with Crippen LogP contribution in [0.3, 0.4) is 0 Å². The molecule has 0 heterocycles. The number of carbonyl (C=O) groups is 2. The molecule has 6 nitrogen and oxygen atoms in total. The molecular weight excluding hydrogens is 378 g/mol. The Balaban J connectivity index is 1.91. The topological polar surface area (TPSA) is 89.5 Å². The molecule has 146 valence electrons. The summed E-state index contributed by atoms with van der Waals surface area (Å²) in [5.74, 6) is 0.488. The van der Waals surface area contributed by atoms with Crippen LogP contribution in [-0.4, -0.2) is 32.4 Å². The predicted octanol–water partition coefficient (Wildman–Crippen LogP) is 3.28. The molecule has 7 heteroatoms. The van der Waals surface area contributed by atoms with Crippen molar-refractivity contribution in [2.45, 2.75) is 25.8 Å². The summed E-state index contributed by atoms with van der Waals surface area (Å²) in [7, 11) is -3.28. The van der Waals surface area contributed by atoms with E-state index >= 15 is 0 Å². The fourth-order valence-corrected chi connectivity index (χ4v) is 3.46. The van der Waals surface area contributed by atoms with E-state index in [9.17, 15) is 18.0 Å². The van der Waals surface area contributed by atoms with Crippen molar-refractivity contribution in [1.29, 1.82) is 0 Å². The molecule has 1 aliphatic rings. The Hall–Kier alpha value is -2.93. The van der Waals surface area contributed by atoms with Crippen LogP contribution in [0.2, 0.25) is 0 Å². The van der Waals surface area contributed by atoms with Crippen LogP contribution in [0.25, 0.3) is 0 Å². The Morgan fingerprint density at radius 3 is 2.57 bits per heavy atom. The molecule has 1 unspecified atom stereocenters. The number of nitrogens with one attached hydrogen (secondary N) is 1. The van der Waals surface area contributed by atoms with E-state index in [1.54, 1.807) is 31.2 Å². The van der Waals surface area contributed by atoms with Crippen molar-refractivity contribution in [3.8, 4) is 11.5 Å². The molecule has 28 heavy (non-hydrogen) atoms. The van der Waals surface area contributed by atoms with E-state index < -0.39 is 21.8 Å². The van der Waals surface area contributed by atoms with Gasteiger partial charge in [-0.3, -0.25) is 9.59 Å². The van der Waals surface area contributed by atoms with Gasteiger partial charge < -0.3 is 10.1 Å². The van der Waals surface area contributed by atoms with Gasteiger partial charge in [0.1, 0.15) is 11.5 Å². The lowest BCUT2D eigenvalue weighted by Gasteiger charge is -2.15. The zero-order chi connectivity index (χ0) is 20.3. The average Bonchev–Trinajstić information content (AvgIpc) is 3.00. The first-order chi connectivity index (χ1) is 13.2. The molecule has 1 amide bonds. The van der Waals surface area contributed by atoms with Crippen molar-refractivity contribution in [3.05, 3.63) is 70.6 Å².